The van der Waals surface area contributed by atoms with E-state index in [0.29, 0.717) is 6.42 Å². The SMILES string of the molecule is CCC=C(Br)C(O)(O)O. The molecule has 0 saturated carbocycles. The second-order valence-electron chi connectivity index (χ2n) is 1.60. The Balaban J connectivity index is 4.03. The van der Waals surface area contributed by atoms with E-state index in [-0.39, 0.29) is 4.48 Å². The van der Waals surface area contributed by atoms with Crippen LogP contribution in [0.1, 0.15) is 13.3 Å². The maximum Gasteiger partial charge on any atom is 0.310 e. The Bertz CT molecular complexity index is 114. The van der Waals surface area contributed by atoms with Crippen LogP contribution in [0.2, 0.25) is 0 Å². The molecule has 0 aliphatic carbocycles. The Hall–Kier alpha value is 0.1000. The van der Waals surface area contributed by atoms with E-state index in [1.54, 1.807) is 0 Å². The number of aliphatic hydroxyl groups is 3. The van der Waals surface area contributed by atoms with Gasteiger partial charge in [0.05, 0.1) is 4.48 Å². The van der Waals surface area contributed by atoms with Gasteiger partial charge in [0.2, 0.25) is 0 Å². The van der Waals surface area contributed by atoms with Gasteiger partial charge in [0.15, 0.2) is 0 Å². The van der Waals surface area contributed by atoms with Crippen LogP contribution in [0.25, 0.3) is 0 Å². The standard InChI is InChI=1S/C5H9BrO3/c1-2-3-4(6)5(7,8)9/h3,7-9H,2H2,1H3. The van der Waals surface area contributed by atoms with E-state index in [4.69, 9.17) is 15.3 Å². The fourth-order valence-electron chi connectivity index (χ4n) is 0.316. The number of rotatable bonds is 2. The Morgan fingerprint density at radius 3 is 2.11 bits per heavy atom. The molecule has 0 rings (SSSR count). The third-order valence-corrected chi connectivity index (χ3v) is 1.56. The van der Waals surface area contributed by atoms with Crippen molar-refractivity contribution in [3.05, 3.63) is 10.6 Å². The largest absolute Gasteiger partial charge is 0.339 e. The molecule has 0 bridgehead atoms. The Kier molecular flexibility index (Phi) is 3.35. The van der Waals surface area contributed by atoms with Crippen LogP contribution in [0.15, 0.2) is 10.6 Å². The molecule has 0 aliphatic rings. The Labute approximate surface area is 61.8 Å². The van der Waals surface area contributed by atoms with Gasteiger partial charge in [-0.2, -0.15) is 0 Å². The van der Waals surface area contributed by atoms with Gasteiger partial charge in [0.1, 0.15) is 0 Å². The van der Waals surface area contributed by atoms with E-state index in [1.165, 1.54) is 6.08 Å². The molecule has 0 radical (unpaired) electrons. The molecular weight excluding hydrogens is 188 g/mol. The summed E-state index contributed by atoms with van der Waals surface area (Å²) < 4.78 is -0.0301. The minimum Gasteiger partial charge on any atom is -0.339 e. The third-order valence-electron chi connectivity index (χ3n) is 0.704. The average molecular weight is 197 g/mol. The van der Waals surface area contributed by atoms with Crippen molar-refractivity contribution in [1.82, 2.24) is 0 Å². The molecule has 0 unspecified atom stereocenters. The maximum absolute atomic E-state index is 8.41. The fraction of sp³-hybridized carbons (Fsp3) is 0.600. The van der Waals surface area contributed by atoms with Gasteiger partial charge >= 0.3 is 5.97 Å². The van der Waals surface area contributed by atoms with Crippen LogP contribution >= 0.6 is 15.9 Å². The number of halogens is 1. The first-order chi connectivity index (χ1) is 3.98. The molecule has 0 aromatic heterocycles. The molecular formula is C5H9BrO3. The van der Waals surface area contributed by atoms with Crippen LogP contribution in [0.4, 0.5) is 0 Å². The lowest BCUT2D eigenvalue weighted by Gasteiger charge is -2.11. The van der Waals surface area contributed by atoms with E-state index in [1.807, 2.05) is 6.92 Å². The van der Waals surface area contributed by atoms with E-state index >= 15 is 0 Å². The van der Waals surface area contributed by atoms with Crippen LogP contribution in [0.3, 0.4) is 0 Å². The molecule has 0 aromatic rings. The van der Waals surface area contributed by atoms with Gasteiger partial charge < -0.3 is 15.3 Å². The molecule has 0 amide bonds. The topological polar surface area (TPSA) is 60.7 Å². The molecule has 0 atom stereocenters. The molecule has 0 aromatic carbocycles. The second kappa shape index (κ2) is 3.31. The lowest BCUT2D eigenvalue weighted by molar-refractivity contribution is -0.275. The van der Waals surface area contributed by atoms with Gasteiger partial charge in [-0.15, -0.1) is 0 Å². The summed E-state index contributed by atoms with van der Waals surface area (Å²) in [5.41, 5.74) is 0. The summed E-state index contributed by atoms with van der Waals surface area (Å²) in [5.74, 6) is -2.71. The van der Waals surface area contributed by atoms with Crippen molar-refractivity contribution in [3.8, 4) is 0 Å². The van der Waals surface area contributed by atoms with Gasteiger partial charge in [0.25, 0.3) is 0 Å². The van der Waals surface area contributed by atoms with Gasteiger partial charge in [0, 0.05) is 0 Å². The van der Waals surface area contributed by atoms with Gasteiger partial charge in [-0.25, -0.2) is 0 Å². The molecule has 0 aliphatic heterocycles. The van der Waals surface area contributed by atoms with Gasteiger partial charge in [-0.1, -0.05) is 13.0 Å². The summed E-state index contributed by atoms with van der Waals surface area (Å²) >= 11 is 2.77. The third kappa shape index (κ3) is 3.64. The quantitative estimate of drug-likeness (QED) is 0.558. The zero-order valence-electron chi connectivity index (χ0n) is 5.00. The van der Waals surface area contributed by atoms with Crippen LogP contribution < -0.4 is 0 Å². The highest BCUT2D eigenvalue weighted by molar-refractivity contribution is 9.11. The first kappa shape index (κ1) is 9.10. The maximum atomic E-state index is 8.41. The monoisotopic (exact) mass is 196 g/mol. The van der Waals surface area contributed by atoms with Crippen LogP contribution in [-0.2, 0) is 0 Å². The van der Waals surface area contributed by atoms with Crippen molar-refractivity contribution in [1.29, 1.82) is 0 Å². The summed E-state index contributed by atoms with van der Waals surface area (Å²) in [6, 6.07) is 0. The second-order valence-corrected chi connectivity index (χ2v) is 2.45. The molecule has 9 heavy (non-hydrogen) atoms. The van der Waals surface area contributed by atoms with E-state index in [2.05, 4.69) is 15.9 Å². The Morgan fingerprint density at radius 2 is 2.00 bits per heavy atom. The van der Waals surface area contributed by atoms with Gasteiger partial charge in [-0.3, -0.25) is 0 Å². The summed E-state index contributed by atoms with van der Waals surface area (Å²) in [5, 5.41) is 25.2. The Morgan fingerprint density at radius 1 is 1.56 bits per heavy atom. The molecule has 54 valence electrons. The zero-order valence-corrected chi connectivity index (χ0v) is 6.59. The fourth-order valence-corrected chi connectivity index (χ4v) is 0.640. The predicted molar refractivity (Wildman–Crippen MR) is 36.7 cm³/mol. The van der Waals surface area contributed by atoms with Crippen molar-refractivity contribution >= 4 is 15.9 Å². The number of allylic oxidation sites excluding steroid dienone is 1. The molecule has 0 saturated heterocycles. The van der Waals surface area contributed by atoms with Crippen LogP contribution in [0.5, 0.6) is 0 Å². The molecule has 0 heterocycles. The molecule has 3 N–H and O–H groups in total. The van der Waals surface area contributed by atoms with E-state index in [9.17, 15) is 0 Å². The van der Waals surface area contributed by atoms with Gasteiger partial charge in [-0.05, 0) is 22.4 Å². The summed E-state index contributed by atoms with van der Waals surface area (Å²) in [4.78, 5) is 0. The van der Waals surface area contributed by atoms with Crippen LogP contribution in [0, 0.1) is 0 Å². The predicted octanol–water partition coefficient (Wildman–Crippen LogP) is 0.306. The highest BCUT2D eigenvalue weighted by Gasteiger charge is 2.21. The average Bonchev–Trinajstić information content (AvgIpc) is 1.64. The first-order valence-corrected chi connectivity index (χ1v) is 3.31. The molecule has 0 fully saturated rings. The van der Waals surface area contributed by atoms with Crippen LogP contribution in [-0.4, -0.2) is 21.3 Å². The van der Waals surface area contributed by atoms with Crippen molar-refractivity contribution < 1.29 is 15.3 Å². The van der Waals surface area contributed by atoms with Crippen molar-refractivity contribution in [2.45, 2.75) is 19.3 Å². The van der Waals surface area contributed by atoms with E-state index in [0.717, 1.165) is 0 Å². The van der Waals surface area contributed by atoms with E-state index < -0.39 is 5.97 Å². The normalized spacial score (nSPS) is 14.1. The van der Waals surface area contributed by atoms with Crippen molar-refractivity contribution in [2.75, 3.05) is 0 Å². The lowest BCUT2D eigenvalue weighted by Crippen LogP contribution is -2.26. The highest BCUT2D eigenvalue weighted by Crippen LogP contribution is 2.17. The zero-order chi connectivity index (χ0) is 7.49. The minimum atomic E-state index is -2.71. The summed E-state index contributed by atoms with van der Waals surface area (Å²) in [6.07, 6.45) is 2.09. The molecule has 4 heteroatoms. The molecule has 3 nitrogen and oxygen atoms in total. The highest BCUT2D eigenvalue weighted by atomic mass is 79.9. The first-order valence-electron chi connectivity index (χ1n) is 2.51. The smallest absolute Gasteiger partial charge is 0.310 e. The number of hydrogen-bond acceptors (Lipinski definition) is 3. The number of hydrogen-bond donors (Lipinski definition) is 3. The summed E-state index contributed by atoms with van der Waals surface area (Å²) in [6.45, 7) is 1.81. The lowest BCUT2D eigenvalue weighted by atomic mass is 10.4. The van der Waals surface area contributed by atoms with Crippen molar-refractivity contribution in [3.63, 3.8) is 0 Å². The molecule has 0 spiro atoms. The summed E-state index contributed by atoms with van der Waals surface area (Å²) in [7, 11) is 0. The minimum absolute atomic E-state index is 0.0301. The van der Waals surface area contributed by atoms with Crippen molar-refractivity contribution in [2.24, 2.45) is 0 Å².